The fraction of sp³-hybridized carbons (Fsp3) is 0.0833. The first kappa shape index (κ1) is 14.3. The van der Waals surface area contributed by atoms with Gasteiger partial charge in [-0.05, 0) is 12.1 Å². The van der Waals surface area contributed by atoms with Crippen molar-refractivity contribution in [2.45, 2.75) is 6.92 Å². The van der Waals surface area contributed by atoms with E-state index in [1.54, 1.807) is 0 Å². The molecule has 1 aromatic carbocycles. The zero-order chi connectivity index (χ0) is 15.7. The first-order valence-corrected chi connectivity index (χ1v) is 5.50. The van der Waals surface area contributed by atoms with Gasteiger partial charge in [-0.15, -0.1) is 0 Å². The van der Waals surface area contributed by atoms with Crippen molar-refractivity contribution in [3.05, 3.63) is 34.0 Å². The Balaban J connectivity index is 2.80. The van der Waals surface area contributed by atoms with Gasteiger partial charge in [0.1, 0.15) is 5.69 Å². The number of pyridine rings is 1. The number of aromatic hydroxyl groups is 1. The Hall–Kier alpha value is -3.10. The van der Waals surface area contributed by atoms with Crippen molar-refractivity contribution in [1.82, 2.24) is 4.98 Å². The summed E-state index contributed by atoms with van der Waals surface area (Å²) in [6, 6.07) is 1.25. The van der Waals surface area contributed by atoms with Gasteiger partial charge in [-0.3, -0.25) is 19.7 Å². The van der Waals surface area contributed by atoms with Crippen molar-refractivity contribution in [3.63, 3.8) is 0 Å². The number of ether oxygens (including phenoxy) is 1. The van der Waals surface area contributed by atoms with Crippen molar-refractivity contribution in [2.24, 2.45) is 0 Å². The second-order valence-electron chi connectivity index (χ2n) is 3.96. The average molecular weight is 294 g/mol. The zero-order valence-electron chi connectivity index (χ0n) is 10.5. The lowest BCUT2D eigenvalue weighted by molar-refractivity contribution is -0.386. The van der Waals surface area contributed by atoms with Crippen LogP contribution in [0.4, 0.5) is 10.1 Å². The first-order valence-electron chi connectivity index (χ1n) is 5.50. The lowest BCUT2D eigenvalue weighted by Gasteiger charge is -2.07. The number of nitro groups is 1. The van der Waals surface area contributed by atoms with E-state index >= 15 is 0 Å². The summed E-state index contributed by atoms with van der Waals surface area (Å²) in [7, 11) is 0. The third-order valence-electron chi connectivity index (χ3n) is 2.54. The van der Waals surface area contributed by atoms with E-state index in [9.17, 15) is 29.2 Å². The Kier molecular flexibility index (Phi) is 3.49. The van der Waals surface area contributed by atoms with Crippen LogP contribution < -0.4 is 4.74 Å². The number of esters is 1. The van der Waals surface area contributed by atoms with E-state index in [-0.39, 0.29) is 10.9 Å². The molecule has 108 valence electrons. The number of carbonyl (C=O) groups is 2. The van der Waals surface area contributed by atoms with Crippen LogP contribution in [0.15, 0.2) is 18.2 Å². The second-order valence-corrected chi connectivity index (χ2v) is 3.96. The quantitative estimate of drug-likeness (QED) is 0.301. The van der Waals surface area contributed by atoms with Crippen LogP contribution in [0.25, 0.3) is 10.9 Å². The van der Waals surface area contributed by atoms with Gasteiger partial charge in [0.2, 0.25) is 11.5 Å². The summed E-state index contributed by atoms with van der Waals surface area (Å²) < 4.78 is 17.3. The number of aromatic nitrogens is 1. The molecule has 0 amide bonds. The first-order chi connectivity index (χ1) is 9.81. The molecule has 0 fully saturated rings. The molecule has 8 nitrogen and oxygen atoms in total. The van der Waals surface area contributed by atoms with Crippen LogP contribution in [-0.2, 0) is 4.79 Å². The van der Waals surface area contributed by atoms with Gasteiger partial charge in [0, 0.05) is 18.4 Å². The standard InChI is InChI=1S/C12H7FN2O6/c1-5(16)21-9-4-8-6(11(17)10(9)15(19)20)2-3-7(14-8)12(13)18/h2-4,17H,1H3. The second kappa shape index (κ2) is 5.12. The average Bonchev–Trinajstić information content (AvgIpc) is 2.36. The van der Waals surface area contributed by atoms with Crippen molar-refractivity contribution in [3.8, 4) is 11.5 Å². The molecule has 0 unspecified atom stereocenters. The number of carbonyl (C=O) groups excluding carboxylic acids is 2. The van der Waals surface area contributed by atoms with Crippen molar-refractivity contribution < 1.29 is 28.7 Å². The number of hydrogen-bond acceptors (Lipinski definition) is 7. The summed E-state index contributed by atoms with van der Waals surface area (Å²) in [5.41, 5.74) is -1.48. The molecule has 0 radical (unpaired) electrons. The molecule has 0 aliphatic carbocycles. The van der Waals surface area contributed by atoms with Crippen molar-refractivity contribution in [2.75, 3.05) is 0 Å². The summed E-state index contributed by atoms with van der Waals surface area (Å²) in [6.07, 6.45) is 0. The van der Waals surface area contributed by atoms with Gasteiger partial charge in [-0.1, -0.05) is 0 Å². The van der Waals surface area contributed by atoms with Crippen LogP contribution in [0.1, 0.15) is 17.4 Å². The summed E-state index contributed by atoms with van der Waals surface area (Å²) in [5, 5.41) is 20.8. The molecule has 21 heavy (non-hydrogen) atoms. The maximum Gasteiger partial charge on any atom is 0.353 e. The Morgan fingerprint density at radius 1 is 1.43 bits per heavy atom. The van der Waals surface area contributed by atoms with Gasteiger partial charge < -0.3 is 9.84 Å². The Morgan fingerprint density at radius 3 is 2.62 bits per heavy atom. The van der Waals surface area contributed by atoms with Crippen LogP contribution in [0, 0.1) is 10.1 Å². The van der Waals surface area contributed by atoms with E-state index in [2.05, 4.69) is 9.72 Å². The molecule has 2 aromatic rings. The number of benzene rings is 1. The minimum absolute atomic E-state index is 0.0809. The smallest absolute Gasteiger partial charge is 0.353 e. The Labute approximate surface area is 115 Å². The molecule has 0 spiro atoms. The third-order valence-corrected chi connectivity index (χ3v) is 2.54. The van der Waals surface area contributed by atoms with E-state index in [1.807, 2.05) is 0 Å². The van der Waals surface area contributed by atoms with Crippen LogP contribution in [-0.4, -0.2) is 27.0 Å². The van der Waals surface area contributed by atoms with Gasteiger partial charge in [0.05, 0.1) is 10.4 Å². The molecule has 0 aliphatic heterocycles. The molecule has 0 atom stereocenters. The lowest BCUT2D eigenvalue weighted by atomic mass is 10.1. The molecule has 0 saturated heterocycles. The van der Waals surface area contributed by atoms with Gasteiger partial charge in [-0.2, -0.15) is 4.39 Å². The van der Waals surface area contributed by atoms with Crippen LogP contribution >= 0.6 is 0 Å². The van der Waals surface area contributed by atoms with Gasteiger partial charge in [0.15, 0.2) is 0 Å². The minimum atomic E-state index is -1.80. The fourth-order valence-electron chi connectivity index (χ4n) is 1.74. The summed E-state index contributed by atoms with van der Waals surface area (Å²) in [5.74, 6) is -2.19. The third kappa shape index (κ3) is 2.61. The zero-order valence-corrected chi connectivity index (χ0v) is 10.5. The van der Waals surface area contributed by atoms with E-state index in [0.29, 0.717) is 0 Å². The van der Waals surface area contributed by atoms with Crippen LogP contribution in [0.3, 0.4) is 0 Å². The number of phenols is 1. The highest BCUT2D eigenvalue weighted by atomic mass is 19.1. The maximum absolute atomic E-state index is 12.6. The predicted octanol–water partition coefficient (Wildman–Crippen LogP) is 1.88. The van der Waals surface area contributed by atoms with E-state index in [0.717, 1.165) is 25.1 Å². The van der Waals surface area contributed by atoms with E-state index in [4.69, 9.17) is 0 Å². The van der Waals surface area contributed by atoms with Gasteiger partial charge in [0.25, 0.3) is 0 Å². The number of fused-ring (bicyclic) bond motifs is 1. The lowest BCUT2D eigenvalue weighted by Crippen LogP contribution is -2.05. The molecule has 1 N–H and O–H groups in total. The molecule has 0 bridgehead atoms. The number of phenolic OH excluding ortho intramolecular Hbond substituents is 1. The number of rotatable bonds is 3. The topological polar surface area (TPSA) is 120 Å². The van der Waals surface area contributed by atoms with Crippen molar-refractivity contribution >= 4 is 28.6 Å². The van der Waals surface area contributed by atoms with Gasteiger partial charge in [-0.25, -0.2) is 4.98 Å². The van der Waals surface area contributed by atoms with Crippen LogP contribution in [0.5, 0.6) is 11.5 Å². The summed E-state index contributed by atoms with van der Waals surface area (Å²) in [4.78, 5) is 35.2. The largest absolute Gasteiger partial charge is 0.502 e. The number of halogens is 1. The fourth-order valence-corrected chi connectivity index (χ4v) is 1.74. The highest BCUT2D eigenvalue weighted by Gasteiger charge is 2.26. The minimum Gasteiger partial charge on any atom is -0.502 e. The maximum atomic E-state index is 12.6. The molecule has 9 heteroatoms. The summed E-state index contributed by atoms with van der Waals surface area (Å²) >= 11 is 0. The monoisotopic (exact) mass is 294 g/mol. The number of nitro benzene ring substituents is 1. The molecule has 0 saturated carbocycles. The number of hydrogen-bond donors (Lipinski definition) is 1. The van der Waals surface area contributed by atoms with Crippen molar-refractivity contribution in [1.29, 1.82) is 0 Å². The normalized spacial score (nSPS) is 10.4. The predicted molar refractivity (Wildman–Crippen MR) is 66.8 cm³/mol. The summed E-state index contributed by atoms with van der Waals surface area (Å²) in [6.45, 7) is 1.01. The molecule has 2 rings (SSSR count). The molecule has 0 aliphatic rings. The Morgan fingerprint density at radius 2 is 2.10 bits per heavy atom. The highest BCUT2D eigenvalue weighted by molar-refractivity contribution is 5.96. The molecular formula is C12H7FN2O6. The highest BCUT2D eigenvalue weighted by Crippen LogP contribution is 2.41. The van der Waals surface area contributed by atoms with E-state index < -0.39 is 39.8 Å². The molecule has 1 aromatic heterocycles. The number of nitrogens with zero attached hydrogens (tertiary/aromatic N) is 2. The van der Waals surface area contributed by atoms with Crippen LogP contribution in [0.2, 0.25) is 0 Å². The van der Waals surface area contributed by atoms with E-state index in [1.165, 1.54) is 0 Å². The SMILES string of the molecule is CC(=O)Oc1cc2nc(C(=O)F)ccc2c(O)c1[N+](=O)[O-]. The molecule has 1 heterocycles. The Bertz CT molecular complexity index is 789. The molecular weight excluding hydrogens is 287 g/mol. The van der Waals surface area contributed by atoms with Gasteiger partial charge >= 0.3 is 17.7 Å².